The molecule has 0 unspecified atom stereocenters. The summed E-state index contributed by atoms with van der Waals surface area (Å²) >= 11 is 0. The van der Waals surface area contributed by atoms with E-state index in [1.165, 1.54) is 19.3 Å². The van der Waals surface area contributed by atoms with Gasteiger partial charge in [-0.3, -0.25) is 9.59 Å². The standard InChI is InChI=1S/C20H30N4O4/c1-13-19(14(2)28-22-13)20(26)21-10-17-11-24(18(25)12-27-17)16-6-8-23(9-7-16)15-4-3-5-15/h15-17H,3-12H2,1-2H3,(H,21,26)/t17-/m1/s1. The van der Waals surface area contributed by atoms with Crippen LogP contribution in [-0.4, -0.2) is 77.7 Å². The summed E-state index contributed by atoms with van der Waals surface area (Å²) in [4.78, 5) is 29.4. The number of rotatable bonds is 5. The quantitative estimate of drug-likeness (QED) is 0.815. The highest BCUT2D eigenvalue weighted by Gasteiger charge is 2.36. The maximum Gasteiger partial charge on any atom is 0.256 e. The van der Waals surface area contributed by atoms with Gasteiger partial charge in [-0.15, -0.1) is 0 Å². The summed E-state index contributed by atoms with van der Waals surface area (Å²) in [5.74, 6) is 0.363. The van der Waals surface area contributed by atoms with Crippen molar-refractivity contribution >= 4 is 11.8 Å². The number of aromatic nitrogens is 1. The lowest BCUT2D eigenvalue weighted by atomic mass is 9.89. The molecule has 3 heterocycles. The van der Waals surface area contributed by atoms with Gasteiger partial charge < -0.3 is 24.4 Å². The highest BCUT2D eigenvalue weighted by Crippen LogP contribution is 2.29. The van der Waals surface area contributed by atoms with Gasteiger partial charge in [-0.1, -0.05) is 11.6 Å². The van der Waals surface area contributed by atoms with E-state index in [0.717, 1.165) is 32.0 Å². The second-order valence-electron chi connectivity index (χ2n) is 8.24. The number of carbonyl (C=O) groups is 2. The molecule has 1 aromatic rings. The molecule has 1 atom stereocenters. The Morgan fingerprint density at radius 3 is 2.54 bits per heavy atom. The van der Waals surface area contributed by atoms with Gasteiger partial charge in [0.15, 0.2) is 0 Å². The smallest absolute Gasteiger partial charge is 0.256 e. The van der Waals surface area contributed by atoms with Crippen molar-refractivity contribution in [2.45, 2.75) is 64.1 Å². The van der Waals surface area contributed by atoms with Crippen LogP contribution in [0.5, 0.6) is 0 Å². The van der Waals surface area contributed by atoms with Gasteiger partial charge >= 0.3 is 0 Å². The summed E-state index contributed by atoms with van der Waals surface area (Å²) in [5, 5.41) is 6.72. The number of likely N-dealkylation sites (tertiary alicyclic amines) is 1. The lowest BCUT2D eigenvalue weighted by Gasteiger charge is -2.45. The maximum atomic E-state index is 12.4. The number of hydrogen-bond acceptors (Lipinski definition) is 6. The Hall–Kier alpha value is -1.93. The number of morpholine rings is 1. The largest absolute Gasteiger partial charge is 0.365 e. The molecule has 0 spiro atoms. The summed E-state index contributed by atoms with van der Waals surface area (Å²) < 4.78 is 10.7. The number of piperidine rings is 1. The number of hydrogen-bond donors (Lipinski definition) is 1. The van der Waals surface area contributed by atoms with Crippen molar-refractivity contribution in [3.63, 3.8) is 0 Å². The molecule has 1 aromatic heterocycles. The molecule has 154 valence electrons. The summed E-state index contributed by atoms with van der Waals surface area (Å²) in [6.07, 6.45) is 5.88. The minimum absolute atomic E-state index is 0.0652. The van der Waals surface area contributed by atoms with E-state index < -0.39 is 0 Å². The molecule has 1 saturated carbocycles. The maximum absolute atomic E-state index is 12.4. The first kappa shape index (κ1) is 19.4. The minimum atomic E-state index is -0.211. The molecule has 2 aliphatic heterocycles. The van der Waals surface area contributed by atoms with Gasteiger partial charge in [-0.2, -0.15) is 0 Å². The Labute approximate surface area is 165 Å². The third-order valence-corrected chi connectivity index (χ3v) is 6.44. The van der Waals surface area contributed by atoms with Gasteiger partial charge in [0.1, 0.15) is 17.9 Å². The molecule has 0 radical (unpaired) electrons. The van der Waals surface area contributed by atoms with Gasteiger partial charge in [0, 0.05) is 38.3 Å². The lowest BCUT2D eigenvalue weighted by molar-refractivity contribution is -0.153. The van der Waals surface area contributed by atoms with Gasteiger partial charge in [-0.05, 0) is 39.5 Å². The van der Waals surface area contributed by atoms with Crippen LogP contribution < -0.4 is 5.32 Å². The Bertz CT molecular complexity index is 702. The number of nitrogens with one attached hydrogen (secondary N) is 1. The number of amides is 2. The van der Waals surface area contributed by atoms with Crippen LogP contribution in [0.2, 0.25) is 0 Å². The number of carbonyl (C=O) groups excluding carboxylic acids is 2. The first-order valence-electron chi connectivity index (χ1n) is 10.4. The first-order chi connectivity index (χ1) is 13.5. The van der Waals surface area contributed by atoms with E-state index in [4.69, 9.17) is 9.26 Å². The van der Waals surface area contributed by atoms with Crippen LogP contribution in [0, 0.1) is 13.8 Å². The van der Waals surface area contributed by atoms with E-state index in [2.05, 4.69) is 15.4 Å². The van der Waals surface area contributed by atoms with Crippen LogP contribution in [-0.2, 0) is 9.53 Å². The molecule has 0 bridgehead atoms. The van der Waals surface area contributed by atoms with E-state index in [9.17, 15) is 9.59 Å². The van der Waals surface area contributed by atoms with Gasteiger partial charge in [0.2, 0.25) is 5.91 Å². The molecular weight excluding hydrogens is 360 g/mol. The van der Waals surface area contributed by atoms with E-state index in [-0.39, 0.29) is 30.6 Å². The summed E-state index contributed by atoms with van der Waals surface area (Å²) in [6, 6.07) is 1.06. The fourth-order valence-electron chi connectivity index (χ4n) is 4.54. The molecule has 3 fully saturated rings. The van der Waals surface area contributed by atoms with Crippen molar-refractivity contribution < 1.29 is 18.8 Å². The SMILES string of the molecule is Cc1noc(C)c1C(=O)NC[C@@H]1CN(C2CCN(C3CCC3)CC2)C(=O)CO1. The highest BCUT2D eigenvalue weighted by molar-refractivity contribution is 5.96. The summed E-state index contributed by atoms with van der Waals surface area (Å²) in [5.41, 5.74) is 1.06. The molecule has 0 aromatic carbocycles. The molecular formula is C20H30N4O4. The second kappa shape index (κ2) is 8.21. The van der Waals surface area contributed by atoms with Crippen LogP contribution in [0.1, 0.15) is 53.9 Å². The molecule has 2 amide bonds. The van der Waals surface area contributed by atoms with Crippen LogP contribution in [0.3, 0.4) is 0 Å². The van der Waals surface area contributed by atoms with E-state index in [0.29, 0.717) is 30.1 Å². The summed E-state index contributed by atoms with van der Waals surface area (Å²) in [6.45, 7) is 6.62. The fourth-order valence-corrected chi connectivity index (χ4v) is 4.54. The predicted octanol–water partition coefficient (Wildman–Crippen LogP) is 1.27. The van der Waals surface area contributed by atoms with Gasteiger partial charge in [0.25, 0.3) is 5.91 Å². The highest BCUT2D eigenvalue weighted by atomic mass is 16.5. The Morgan fingerprint density at radius 2 is 1.93 bits per heavy atom. The average molecular weight is 390 g/mol. The molecule has 1 aliphatic carbocycles. The molecule has 4 rings (SSSR count). The van der Waals surface area contributed by atoms with Crippen LogP contribution in [0.15, 0.2) is 4.52 Å². The van der Waals surface area contributed by atoms with Crippen molar-refractivity contribution in [3.8, 4) is 0 Å². The zero-order valence-corrected chi connectivity index (χ0v) is 16.8. The molecule has 2 saturated heterocycles. The topological polar surface area (TPSA) is 87.9 Å². The van der Waals surface area contributed by atoms with Crippen LogP contribution in [0.25, 0.3) is 0 Å². The third-order valence-electron chi connectivity index (χ3n) is 6.44. The van der Waals surface area contributed by atoms with E-state index in [1.54, 1.807) is 13.8 Å². The van der Waals surface area contributed by atoms with Crippen molar-refractivity contribution in [2.75, 3.05) is 32.8 Å². The monoisotopic (exact) mass is 390 g/mol. The van der Waals surface area contributed by atoms with Crippen molar-refractivity contribution in [3.05, 3.63) is 17.0 Å². The van der Waals surface area contributed by atoms with Crippen LogP contribution in [0.4, 0.5) is 0 Å². The van der Waals surface area contributed by atoms with Crippen LogP contribution >= 0.6 is 0 Å². The molecule has 28 heavy (non-hydrogen) atoms. The van der Waals surface area contributed by atoms with Crippen molar-refractivity contribution in [2.24, 2.45) is 0 Å². The normalized spacial score (nSPS) is 25.0. The van der Waals surface area contributed by atoms with E-state index >= 15 is 0 Å². The zero-order chi connectivity index (χ0) is 19.7. The average Bonchev–Trinajstić information content (AvgIpc) is 2.98. The zero-order valence-electron chi connectivity index (χ0n) is 16.8. The van der Waals surface area contributed by atoms with Crippen molar-refractivity contribution in [1.29, 1.82) is 0 Å². The third kappa shape index (κ3) is 3.93. The molecule has 1 N–H and O–H groups in total. The Morgan fingerprint density at radius 1 is 1.18 bits per heavy atom. The molecule has 3 aliphatic rings. The van der Waals surface area contributed by atoms with Crippen molar-refractivity contribution in [1.82, 2.24) is 20.3 Å². The first-order valence-corrected chi connectivity index (χ1v) is 10.4. The predicted molar refractivity (Wildman–Crippen MR) is 102 cm³/mol. The summed E-state index contributed by atoms with van der Waals surface area (Å²) in [7, 11) is 0. The fraction of sp³-hybridized carbons (Fsp3) is 0.750. The Kier molecular flexibility index (Phi) is 5.68. The molecule has 8 heteroatoms. The van der Waals surface area contributed by atoms with Gasteiger partial charge in [0.05, 0.1) is 11.8 Å². The number of aryl methyl sites for hydroxylation is 2. The van der Waals surface area contributed by atoms with E-state index in [1.807, 2.05) is 4.90 Å². The van der Waals surface area contributed by atoms with Gasteiger partial charge in [-0.25, -0.2) is 0 Å². The number of nitrogens with zero attached hydrogens (tertiary/aromatic N) is 3. The number of ether oxygens (including phenoxy) is 1. The Balaban J connectivity index is 1.28. The molecule has 8 nitrogen and oxygen atoms in total. The lowest BCUT2D eigenvalue weighted by Crippen LogP contribution is -2.57. The minimum Gasteiger partial charge on any atom is -0.365 e. The second-order valence-corrected chi connectivity index (χ2v) is 8.24.